The predicted molar refractivity (Wildman–Crippen MR) is 101 cm³/mol. The number of hydrogen-bond acceptors (Lipinski definition) is 2. The van der Waals surface area contributed by atoms with E-state index >= 15 is 0 Å². The SMILES string of the molecule is [B]C=CC=C[C@@H](C)N(C)C(=O)[C@H](c1ccccc1)N1CCCCC1. The lowest BCUT2D eigenvalue weighted by molar-refractivity contribution is -0.137. The Hall–Kier alpha value is -1.81. The van der Waals surface area contributed by atoms with Gasteiger partial charge in [-0.1, -0.05) is 55.0 Å². The van der Waals surface area contributed by atoms with Crippen LogP contribution in [0.2, 0.25) is 0 Å². The van der Waals surface area contributed by atoms with E-state index in [1.807, 2.05) is 49.2 Å². The van der Waals surface area contributed by atoms with Crippen LogP contribution in [-0.2, 0) is 4.79 Å². The maximum absolute atomic E-state index is 13.2. The highest BCUT2D eigenvalue weighted by atomic mass is 16.2. The first-order valence-electron chi connectivity index (χ1n) is 8.76. The van der Waals surface area contributed by atoms with E-state index in [1.54, 1.807) is 6.08 Å². The first-order valence-corrected chi connectivity index (χ1v) is 8.76. The van der Waals surface area contributed by atoms with Gasteiger partial charge in [0.2, 0.25) is 5.91 Å². The Morgan fingerprint density at radius 1 is 1.17 bits per heavy atom. The van der Waals surface area contributed by atoms with Crippen LogP contribution in [-0.4, -0.2) is 49.7 Å². The minimum Gasteiger partial charge on any atom is -0.338 e. The van der Waals surface area contributed by atoms with Crippen molar-refractivity contribution in [2.75, 3.05) is 20.1 Å². The Kier molecular flexibility index (Phi) is 7.32. The first kappa shape index (κ1) is 18.5. The molecular weight excluding hydrogens is 295 g/mol. The maximum Gasteiger partial charge on any atom is 0.244 e. The van der Waals surface area contributed by atoms with Gasteiger partial charge in [-0.05, 0) is 38.4 Å². The molecule has 1 aromatic rings. The van der Waals surface area contributed by atoms with Gasteiger partial charge < -0.3 is 4.90 Å². The summed E-state index contributed by atoms with van der Waals surface area (Å²) in [5, 5.41) is 0. The van der Waals surface area contributed by atoms with Crippen LogP contribution in [0.3, 0.4) is 0 Å². The average Bonchev–Trinajstić information content (AvgIpc) is 2.63. The molecule has 1 aromatic carbocycles. The summed E-state index contributed by atoms with van der Waals surface area (Å²) in [6, 6.07) is 9.95. The molecule has 1 heterocycles. The van der Waals surface area contributed by atoms with Crippen molar-refractivity contribution in [3.05, 3.63) is 60.1 Å². The third kappa shape index (κ3) is 4.84. The second kappa shape index (κ2) is 9.48. The Morgan fingerprint density at radius 2 is 1.83 bits per heavy atom. The molecule has 3 nitrogen and oxygen atoms in total. The van der Waals surface area contributed by atoms with E-state index in [4.69, 9.17) is 7.85 Å². The second-order valence-corrected chi connectivity index (χ2v) is 6.37. The third-order valence-electron chi connectivity index (χ3n) is 4.68. The monoisotopic (exact) mass is 322 g/mol. The minimum absolute atomic E-state index is 0.0182. The number of likely N-dealkylation sites (N-methyl/N-ethyl adjacent to an activating group) is 1. The predicted octanol–water partition coefficient (Wildman–Crippen LogP) is 3.30. The summed E-state index contributed by atoms with van der Waals surface area (Å²) in [5.41, 5.74) is 1.08. The van der Waals surface area contributed by atoms with Gasteiger partial charge in [0.05, 0.1) is 0 Å². The summed E-state index contributed by atoms with van der Waals surface area (Å²) in [4.78, 5) is 17.4. The van der Waals surface area contributed by atoms with Crippen LogP contribution in [0.1, 0.15) is 37.8 Å². The highest BCUT2D eigenvalue weighted by Gasteiger charge is 2.31. The summed E-state index contributed by atoms with van der Waals surface area (Å²) in [5.74, 6) is 1.64. The standard InChI is InChI=1S/C20H27BN2O/c1-17(11-7-8-14-21)22(2)20(24)19(18-12-5-3-6-13-18)23-15-9-4-10-16-23/h3,5-8,11-14,17,19H,4,9-10,15-16H2,1-2H3/t17-,19+/m1/s1. The van der Waals surface area contributed by atoms with Gasteiger partial charge in [-0.25, -0.2) is 0 Å². The second-order valence-electron chi connectivity index (χ2n) is 6.37. The molecule has 1 aliphatic rings. The molecule has 0 unspecified atom stereocenters. The van der Waals surface area contributed by atoms with Gasteiger partial charge in [-0.2, -0.15) is 0 Å². The van der Waals surface area contributed by atoms with Crippen molar-refractivity contribution < 1.29 is 4.79 Å². The summed E-state index contributed by atoms with van der Waals surface area (Å²) < 4.78 is 0. The zero-order chi connectivity index (χ0) is 17.4. The Labute approximate surface area is 147 Å². The van der Waals surface area contributed by atoms with E-state index in [0.717, 1.165) is 31.5 Å². The molecule has 126 valence electrons. The molecule has 0 aliphatic carbocycles. The van der Waals surface area contributed by atoms with Gasteiger partial charge >= 0.3 is 0 Å². The van der Waals surface area contributed by atoms with Gasteiger partial charge in [0.1, 0.15) is 13.9 Å². The normalized spacial score (nSPS) is 18.8. The van der Waals surface area contributed by atoms with Crippen LogP contribution in [0.15, 0.2) is 54.5 Å². The molecule has 2 radical (unpaired) electrons. The van der Waals surface area contributed by atoms with Crippen molar-refractivity contribution in [1.29, 1.82) is 0 Å². The molecular formula is C20H27BN2O. The fourth-order valence-corrected chi connectivity index (χ4v) is 3.13. The Balaban J connectivity index is 2.20. The molecule has 1 saturated heterocycles. The lowest BCUT2D eigenvalue weighted by Crippen LogP contribution is -2.45. The molecule has 24 heavy (non-hydrogen) atoms. The quantitative estimate of drug-likeness (QED) is 0.593. The summed E-state index contributed by atoms with van der Waals surface area (Å²) in [6.07, 6.45) is 9.22. The van der Waals surface area contributed by atoms with Gasteiger partial charge in [0, 0.05) is 13.1 Å². The number of rotatable bonds is 6. The lowest BCUT2D eigenvalue weighted by atomic mass is 10.00. The molecule has 0 spiro atoms. The van der Waals surface area contributed by atoms with E-state index in [9.17, 15) is 4.79 Å². The van der Waals surface area contributed by atoms with E-state index in [2.05, 4.69) is 17.0 Å². The van der Waals surface area contributed by atoms with E-state index in [-0.39, 0.29) is 18.0 Å². The highest BCUT2D eigenvalue weighted by Crippen LogP contribution is 2.27. The smallest absolute Gasteiger partial charge is 0.244 e. The molecule has 1 aliphatic heterocycles. The molecule has 0 N–H and O–H groups in total. The number of hydrogen-bond donors (Lipinski definition) is 0. The van der Waals surface area contributed by atoms with Crippen LogP contribution in [0.25, 0.3) is 0 Å². The Morgan fingerprint density at radius 3 is 2.46 bits per heavy atom. The van der Waals surface area contributed by atoms with Crippen LogP contribution >= 0.6 is 0 Å². The maximum atomic E-state index is 13.2. The summed E-state index contributed by atoms with van der Waals surface area (Å²) in [7, 11) is 7.23. The molecule has 1 amide bonds. The lowest BCUT2D eigenvalue weighted by Gasteiger charge is -2.37. The van der Waals surface area contributed by atoms with E-state index in [1.165, 1.54) is 12.4 Å². The highest BCUT2D eigenvalue weighted by molar-refractivity contribution is 6.17. The number of carbonyl (C=O) groups excluding carboxylic acids is 1. The van der Waals surface area contributed by atoms with Crippen molar-refractivity contribution in [2.45, 2.75) is 38.3 Å². The molecule has 2 atom stereocenters. The van der Waals surface area contributed by atoms with Crippen molar-refractivity contribution in [2.24, 2.45) is 0 Å². The van der Waals surface area contributed by atoms with Crippen molar-refractivity contribution in [3.8, 4) is 0 Å². The topological polar surface area (TPSA) is 23.6 Å². The number of benzene rings is 1. The summed E-state index contributed by atoms with van der Waals surface area (Å²) >= 11 is 0. The third-order valence-corrected chi connectivity index (χ3v) is 4.68. The van der Waals surface area contributed by atoms with Crippen LogP contribution in [0, 0.1) is 0 Å². The van der Waals surface area contributed by atoms with Crippen LogP contribution < -0.4 is 0 Å². The molecule has 0 aromatic heterocycles. The van der Waals surface area contributed by atoms with Crippen molar-refractivity contribution in [1.82, 2.24) is 9.80 Å². The fourth-order valence-electron chi connectivity index (χ4n) is 3.13. The minimum atomic E-state index is -0.197. The summed E-state index contributed by atoms with van der Waals surface area (Å²) in [6.45, 7) is 4.00. The zero-order valence-corrected chi connectivity index (χ0v) is 14.8. The Bertz CT molecular complexity index is 564. The number of piperidine rings is 1. The average molecular weight is 322 g/mol. The van der Waals surface area contributed by atoms with Crippen molar-refractivity contribution in [3.63, 3.8) is 0 Å². The van der Waals surface area contributed by atoms with Gasteiger partial charge in [-0.3, -0.25) is 9.69 Å². The van der Waals surface area contributed by atoms with Gasteiger partial charge in [0.15, 0.2) is 0 Å². The van der Waals surface area contributed by atoms with Gasteiger partial charge in [0.25, 0.3) is 0 Å². The zero-order valence-electron chi connectivity index (χ0n) is 14.8. The number of amides is 1. The molecule has 0 saturated carbocycles. The largest absolute Gasteiger partial charge is 0.338 e. The number of allylic oxidation sites excluding steroid dienone is 2. The molecule has 2 rings (SSSR count). The van der Waals surface area contributed by atoms with Gasteiger partial charge in [-0.15, -0.1) is 5.98 Å². The van der Waals surface area contributed by atoms with E-state index < -0.39 is 0 Å². The number of nitrogens with zero attached hydrogens (tertiary/aromatic N) is 2. The molecule has 0 bridgehead atoms. The van der Waals surface area contributed by atoms with E-state index in [0.29, 0.717) is 0 Å². The fraction of sp³-hybridized carbons (Fsp3) is 0.450. The first-order chi connectivity index (χ1) is 11.6. The van der Waals surface area contributed by atoms with Crippen molar-refractivity contribution >= 4 is 13.8 Å². The van der Waals surface area contributed by atoms with Crippen LogP contribution in [0.5, 0.6) is 0 Å². The number of likely N-dealkylation sites (tertiary alicyclic amines) is 1. The number of carbonyl (C=O) groups is 1. The van der Waals surface area contributed by atoms with Crippen LogP contribution in [0.4, 0.5) is 0 Å². The molecule has 4 heteroatoms. The molecule has 1 fully saturated rings.